The fourth-order valence-electron chi connectivity index (χ4n) is 3.50. The van der Waals surface area contributed by atoms with Gasteiger partial charge in [0.05, 0.1) is 19.0 Å². The molecule has 0 fully saturated rings. The van der Waals surface area contributed by atoms with Crippen LogP contribution < -0.4 is 21.7 Å². The lowest BCUT2D eigenvalue weighted by molar-refractivity contribution is -0.143. The zero-order valence-electron chi connectivity index (χ0n) is 20.3. The Balaban J connectivity index is 2.18. The molecule has 0 aliphatic heterocycles. The van der Waals surface area contributed by atoms with Gasteiger partial charge in [-0.1, -0.05) is 44.2 Å². The molecule has 0 saturated heterocycles. The van der Waals surface area contributed by atoms with Crippen molar-refractivity contribution in [1.82, 2.24) is 25.9 Å². The molecule has 2 rings (SSSR count). The number of aliphatic hydroxyl groups is 1. The van der Waals surface area contributed by atoms with E-state index in [0.29, 0.717) is 5.69 Å². The van der Waals surface area contributed by atoms with Gasteiger partial charge in [0, 0.05) is 24.7 Å². The van der Waals surface area contributed by atoms with Crippen molar-refractivity contribution in [1.29, 1.82) is 0 Å². The second-order valence-corrected chi connectivity index (χ2v) is 8.91. The number of aliphatic carboxylic acids is 1. The van der Waals surface area contributed by atoms with E-state index in [-0.39, 0.29) is 25.2 Å². The molecule has 3 amide bonds. The Bertz CT molecular complexity index is 998. The molecule has 0 bridgehead atoms. The fourth-order valence-corrected chi connectivity index (χ4v) is 3.50. The normalized spacial score (nSPS) is 14.4. The first-order chi connectivity index (χ1) is 17.1. The highest BCUT2D eigenvalue weighted by Gasteiger charge is 2.30. The summed E-state index contributed by atoms with van der Waals surface area (Å²) in [5.74, 6) is -3.36. The van der Waals surface area contributed by atoms with Crippen LogP contribution in [-0.4, -0.2) is 74.6 Å². The summed E-state index contributed by atoms with van der Waals surface area (Å²) in [6.45, 7) is 2.88. The maximum Gasteiger partial charge on any atom is 0.328 e. The van der Waals surface area contributed by atoms with Crippen molar-refractivity contribution in [2.75, 3.05) is 6.61 Å². The molecule has 1 heterocycles. The fraction of sp³-hybridized carbons (Fsp3) is 0.458. The van der Waals surface area contributed by atoms with Crippen LogP contribution in [0.4, 0.5) is 0 Å². The standard InChI is InChI=1S/C24H34N6O6/c1-14(2)8-18(22(33)30-20(12-31)24(35)36)29-23(34)19(9-15-6-4-3-5-7-15)28-21(32)17(25)10-16-11-26-13-27-16/h3-7,11,13-14,17-20,31H,8-10,12,25H2,1-2H3,(H,26,27)(H,28,32)(H,29,34)(H,30,33)(H,35,36). The Hall–Kier alpha value is -3.77. The molecule has 36 heavy (non-hydrogen) atoms. The minimum atomic E-state index is -1.51. The van der Waals surface area contributed by atoms with E-state index in [1.807, 2.05) is 19.9 Å². The third kappa shape index (κ3) is 9.12. The molecule has 4 atom stereocenters. The molecule has 0 spiro atoms. The van der Waals surface area contributed by atoms with Gasteiger partial charge in [-0.3, -0.25) is 14.4 Å². The second kappa shape index (κ2) is 14.0. The first kappa shape index (κ1) is 28.5. The summed E-state index contributed by atoms with van der Waals surface area (Å²) in [4.78, 5) is 56.8. The number of aromatic amines is 1. The van der Waals surface area contributed by atoms with Crippen LogP contribution in [0.5, 0.6) is 0 Å². The highest BCUT2D eigenvalue weighted by molar-refractivity contribution is 5.94. The molecular formula is C24H34N6O6. The minimum absolute atomic E-state index is 0.0246. The molecule has 1 aromatic carbocycles. The highest BCUT2D eigenvalue weighted by atomic mass is 16.4. The van der Waals surface area contributed by atoms with Crippen molar-refractivity contribution < 1.29 is 29.4 Å². The van der Waals surface area contributed by atoms with Crippen LogP contribution >= 0.6 is 0 Å². The Morgan fingerprint density at radius 3 is 2.11 bits per heavy atom. The number of benzene rings is 1. The number of aromatic nitrogens is 2. The van der Waals surface area contributed by atoms with Crippen molar-refractivity contribution in [2.45, 2.75) is 57.3 Å². The van der Waals surface area contributed by atoms with Gasteiger partial charge in [-0.15, -0.1) is 0 Å². The van der Waals surface area contributed by atoms with Gasteiger partial charge >= 0.3 is 5.97 Å². The Kier molecular flexibility index (Phi) is 11.0. The number of hydrogen-bond acceptors (Lipinski definition) is 7. The van der Waals surface area contributed by atoms with E-state index in [2.05, 4.69) is 25.9 Å². The number of carboxylic acid groups (broad SMARTS) is 1. The number of carbonyl (C=O) groups is 4. The van der Waals surface area contributed by atoms with Gasteiger partial charge in [0.2, 0.25) is 17.7 Å². The Labute approximate surface area is 209 Å². The molecule has 12 heteroatoms. The van der Waals surface area contributed by atoms with Crippen LogP contribution in [0, 0.1) is 5.92 Å². The first-order valence-electron chi connectivity index (χ1n) is 11.6. The maximum atomic E-state index is 13.3. The number of nitrogens with one attached hydrogen (secondary N) is 4. The van der Waals surface area contributed by atoms with Crippen molar-refractivity contribution in [2.24, 2.45) is 11.7 Å². The predicted molar refractivity (Wildman–Crippen MR) is 130 cm³/mol. The summed E-state index contributed by atoms with van der Waals surface area (Å²) in [5, 5.41) is 25.9. The predicted octanol–water partition coefficient (Wildman–Crippen LogP) is -0.900. The Morgan fingerprint density at radius 2 is 1.56 bits per heavy atom. The maximum absolute atomic E-state index is 13.3. The third-order valence-corrected chi connectivity index (χ3v) is 5.38. The Morgan fingerprint density at radius 1 is 0.944 bits per heavy atom. The lowest BCUT2D eigenvalue weighted by Crippen LogP contribution is -2.58. The average molecular weight is 503 g/mol. The summed E-state index contributed by atoms with van der Waals surface area (Å²) < 4.78 is 0. The van der Waals surface area contributed by atoms with E-state index < -0.39 is 54.5 Å². The zero-order valence-corrected chi connectivity index (χ0v) is 20.3. The smallest absolute Gasteiger partial charge is 0.328 e. The van der Waals surface area contributed by atoms with E-state index in [0.717, 1.165) is 5.56 Å². The number of aliphatic hydroxyl groups excluding tert-OH is 1. The van der Waals surface area contributed by atoms with E-state index in [1.54, 1.807) is 30.5 Å². The number of rotatable bonds is 14. The van der Waals surface area contributed by atoms with Gasteiger partial charge in [-0.05, 0) is 17.9 Å². The number of H-pyrrole nitrogens is 1. The van der Waals surface area contributed by atoms with Crippen LogP contribution in [0.2, 0.25) is 0 Å². The van der Waals surface area contributed by atoms with Crippen LogP contribution in [-0.2, 0) is 32.0 Å². The number of carbonyl (C=O) groups excluding carboxylic acids is 3. The zero-order chi connectivity index (χ0) is 26.7. The monoisotopic (exact) mass is 502 g/mol. The van der Waals surface area contributed by atoms with Crippen LogP contribution in [0.3, 0.4) is 0 Å². The van der Waals surface area contributed by atoms with Gasteiger partial charge in [0.25, 0.3) is 0 Å². The third-order valence-electron chi connectivity index (χ3n) is 5.38. The van der Waals surface area contributed by atoms with E-state index >= 15 is 0 Å². The highest BCUT2D eigenvalue weighted by Crippen LogP contribution is 2.09. The van der Waals surface area contributed by atoms with E-state index in [9.17, 15) is 24.3 Å². The van der Waals surface area contributed by atoms with Gasteiger partial charge in [0.15, 0.2) is 0 Å². The van der Waals surface area contributed by atoms with Crippen molar-refractivity contribution in [3.05, 3.63) is 54.1 Å². The number of imidazole rings is 1. The average Bonchev–Trinajstić information content (AvgIpc) is 3.34. The molecule has 4 unspecified atom stereocenters. The summed E-state index contributed by atoms with van der Waals surface area (Å²) >= 11 is 0. The molecule has 12 nitrogen and oxygen atoms in total. The van der Waals surface area contributed by atoms with Gasteiger partial charge in [-0.2, -0.15) is 0 Å². The largest absolute Gasteiger partial charge is 0.480 e. The van der Waals surface area contributed by atoms with Crippen LogP contribution in [0.25, 0.3) is 0 Å². The van der Waals surface area contributed by atoms with Gasteiger partial charge in [-0.25, -0.2) is 9.78 Å². The van der Waals surface area contributed by atoms with Crippen molar-refractivity contribution >= 4 is 23.7 Å². The molecule has 0 saturated carbocycles. The number of nitrogens with zero attached hydrogens (tertiary/aromatic N) is 1. The molecular weight excluding hydrogens is 468 g/mol. The van der Waals surface area contributed by atoms with Crippen LogP contribution in [0.15, 0.2) is 42.9 Å². The summed E-state index contributed by atoms with van der Waals surface area (Å²) in [7, 11) is 0. The molecule has 0 radical (unpaired) electrons. The number of hydrogen-bond donors (Lipinski definition) is 7. The topological polar surface area (TPSA) is 200 Å². The first-order valence-corrected chi connectivity index (χ1v) is 11.6. The van der Waals surface area contributed by atoms with E-state index in [1.165, 1.54) is 6.33 Å². The van der Waals surface area contributed by atoms with E-state index in [4.69, 9.17) is 10.8 Å². The van der Waals surface area contributed by atoms with Gasteiger partial charge in [0.1, 0.15) is 18.1 Å². The van der Waals surface area contributed by atoms with Crippen molar-refractivity contribution in [3.63, 3.8) is 0 Å². The molecule has 196 valence electrons. The quantitative estimate of drug-likeness (QED) is 0.172. The summed E-state index contributed by atoms with van der Waals surface area (Å²) in [5.41, 5.74) is 7.46. The molecule has 2 aromatic rings. The lowest BCUT2D eigenvalue weighted by Gasteiger charge is -2.26. The number of nitrogens with two attached hydrogens (primary N) is 1. The SMILES string of the molecule is CC(C)CC(NC(=O)C(Cc1ccccc1)NC(=O)C(N)Cc1cnc[nH]1)C(=O)NC(CO)C(=O)O. The molecule has 0 aliphatic rings. The molecule has 8 N–H and O–H groups in total. The lowest BCUT2D eigenvalue weighted by atomic mass is 10.0. The summed E-state index contributed by atoms with van der Waals surface area (Å²) in [6.07, 6.45) is 3.55. The molecule has 1 aromatic heterocycles. The second-order valence-electron chi connectivity index (χ2n) is 8.91. The number of carboxylic acids is 1. The van der Waals surface area contributed by atoms with Crippen molar-refractivity contribution in [3.8, 4) is 0 Å². The minimum Gasteiger partial charge on any atom is -0.480 e. The van der Waals surface area contributed by atoms with Crippen LogP contribution in [0.1, 0.15) is 31.5 Å². The number of amides is 3. The molecule has 0 aliphatic carbocycles. The van der Waals surface area contributed by atoms with Gasteiger partial charge < -0.3 is 36.9 Å². The summed E-state index contributed by atoms with van der Waals surface area (Å²) in [6, 6.07) is 4.42.